The van der Waals surface area contributed by atoms with Crippen molar-refractivity contribution < 1.29 is 4.74 Å². The predicted molar refractivity (Wildman–Crippen MR) is 57.1 cm³/mol. The molecular formula is C11H18N2O. The zero-order valence-electron chi connectivity index (χ0n) is 8.86. The van der Waals surface area contributed by atoms with Gasteiger partial charge in [0.15, 0.2) is 0 Å². The summed E-state index contributed by atoms with van der Waals surface area (Å²) in [5.41, 5.74) is 1.23. The molecule has 14 heavy (non-hydrogen) atoms. The van der Waals surface area contributed by atoms with Gasteiger partial charge in [0.05, 0.1) is 12.6 Å². The smallest absolute Gasteiger partial charge is 0.0657 e. The zero-order chi connectivity index (χ0) is 10.2. The van der Waals surface area contributed by atoms with Gasteiger partial charge in [-0.2, -0.15) is 0 Å². The lowest BCUT2D eigenvalue weighted by Crippen LogP contribution is -2.25. The Morgan fingerprint density at radius 3 is 2.71 bits per heavy atom. The largest absolute Gasteiger partial charge is 0.383 e. The van der Waals surface area contributed by atoms with Gasteiger partial charge in [0, 0.05) is 19.5 Å². The minimum absolute atomic E-state index is 0.281. The van der Waals surface area contributed by atoms with Crippen molar-refractivity contribution in [1.29, 1.82) is 0 Å². The van der Waals surface area contributed by atoms with E-state index in [1.165, 1.54) is 5.56 Å². The first-order valence-corrected chi connectivity index (χ1v) is 5.00. The third-order valence-electron chi connectivity index (χ3n) is 2.08. The molecule has 1 aromatic rings. The summed E-state index contributed by atoms with van der Waals surface area (Å²) in [7, 11) is 1.72. The highest BCUT2D eigenvalue weighted by Gasteiger charge is 2.08. The van der Waals surface area contributed by atoms with E-state index in [0.717, 1.165) is 13.0 Å². The number of pyridine rings is 1. The molecule has 0 aliphatic heterocycles. The standard InChI is InChI=1S/C11H18N2O/c1-3-6-13-11(9-14-2)10-4-7-12-8-5-10/h4-5,7-8,11,13H,3,6,9H2,1-2H3. The molecule has 0 saturated carbocycles. The van der Waals surface area contributed by atoms with Gasteiger partial charge in [-0.05, 0) is 30.7 Å². The quantitative estimate of drug-likeness (QED) is 0.749. The number of nitrogens with zero attached hydrogens (tertiary/aromatic N) is 1. The molecule has 0 saturated heterocycles. The molecule has 1 unspecified atom stereocenters. The fraction of sp³-hybridized carbons (Fsp3) is 0.545. The fourth-order valence-electron chi connectivity index (χ4n) is 1.35. The molecule has 1 atom stereocenters. The first-order chi connectivity index (χ1) is 6.88. The van der Waals surface area contributed by atoms with Crippen molar-refractivity contribution in [2.75, 3.05) is 20.3 Å². The molecular weight excluding hydrogens is 176 g/mol. The maximum atomic E-state index is 5.17. The van der Waals surface area contributed by atoms with Crippen LogP contribution in [-0.4, -0.2) is 25.2 Å². The third-order valence-corrected chi connectivity index (χ3v) is 2.08. The van der Waals surface area contributed by atoms with E-state index in [1.807, 2.05) is 24.5 Å². The molecule has 0 aliphatic carbocycles. The summed E-state index contributed by atoms with van der Waals surface area (Å²) < 4.78 is 5.17. The Hall–Kier alpha value is -0.930. The summed E-state index contributed by atoms with van der Waals surface area (Å²) in [6, 6.07) is 4.32. The molecule has 0 aliphatic rings. The van der Waals surface area contributed by atoms with Crippen LogP contribution in [-0.2, 0) is 4.74 Å². The summed E-state index contributed by atoms with van der Waals surface area (Å²) in [6.45, 7) is 3.86. The van der Waals surface area contributed by atoms with Crippen LogP contribution in [0.15, 0.2) is 24.5 Å². The van der Waals surface area contributed by atoms with E-state index >= 15 is 0 Å². The topological polar surface area (TPSA) is 34.1 Å². The summed E-state index contributed by atoms with van der Waals surface area (Å²) in [6.07, 6.45) is 4.75. The van der Waals surface area contributed by atoms with Crippen LogP contribution < -0.4 is 5.32 Å². The first kappa shape index (κ1) is 11.1. The Bertz CT molecular complexity index is 238. The molecule has 1 rings (SSSR count). The maximum absolute atomic E-state index is 5.17. The van der Waals surface area contributed by atoms with Gasteiger partial charge in [-0.3, -0.25) is 4.98 Å². The van der Waals surface area contributed by atoms with Crippen LogP contribution in [0.2, 0.25) is 0 Å². The molecule has 1 heterocycles. The van der Waals surface area contributed by atoms with Gasteiger partial charge in [0.1, 0.15) is 0 Å². The number of hydrogen-bond acceptors (Lipinski definition) is 3. The van der Waals surface area contributed by atoms with Crippen molar-refractivity contribution >= 4 is 0 Å². The maximum Gasteiger partial charge on any atom is 0.0657 e. The van der Waals surface area contributed by atoms with Gasteiger partial charge in [-0.25, -0.2) is 0 Å². The molecule has 0 fully saturated rings. The second kappa shape index (κ2) is 6.51. The van der Waals surface area contributed by atoms with E-state index in [0.29, 0.717) is 6.61 Å². The number of hydrogen-bond donors (Lipinski definition) is 1. The van der Waals surface area contributed by atoms with E-state index in [2.05, 4.69) is 17.2 Å². The summed E-state index contributed by atoms with van der Waals surface area (Å²) >= 11 is 0. The molecule has 1 aromatic heterocycles. The second-order valence-electron chi connectivity index (χ2n) is 3.24. The highest BCUT2D eigenvalue weighted by atomic mass is 16.5. The van der Waals surface area contributed by atoms with Crippen molar-refractivity contribution in [1.82, 2.24) is 10.3 Å². The molecule has 3 nitrogen and oxygen atoms in total. The van der Waals surface area contributed by atoms with E-state index < -0.39 is 0 Å². The minimum Gasteiger partial charge on any atom is -0.383 e. The molecule has 78 valence electrons. The Morgan fingerprint density at radius 2 is 2.14 bits per heavy atom. The number of aromatic nitrogens is 1. The Balaban J connectivity index is 2.58. The molecule has 1 N–H and O–H groups in total. The lowest BCUT2D eigenvalue weighted by Gasteiger charge is -2.17. The van der Waals surface area contributed by atoms with Gasteiger partial charge in [0.25, 0.3) is 0 Å². The highest BCUT2D eigenvalue weighted by molar-refractivity contribution is 5.14. The van der Waals surface area contributed by atoms with E-state index in [-0.39, 0.29) is 6.04 Å². The molecule has 0 spiro atoms. The number of nitrogens with one attached hydrogen (secondary N) is 1. The van der Waals surface area contributed by atoms with E-state index in [1.54, 1.807) is 7.11 Å². The minimum atomic E-state index is 0.281. The van der Waals surface area contributed by atoms with Crippen molar-refractivity contribution in [2.45, 2.75) is 19.4 Å². The van der Waals surface area contributed by atoms with Crippen LogP contribution in [0.4, 0.5) is 0 Å². The van der Waals surface area contributed by atoms with Gasteiger partial charge >= 0.3 is 0 Å². The molecule has 0 radical (unpaired) electrons. The third kappa shape index (κ3) is 3.44. The van der Waals surface area contributed by atoms with Crippen molar-refractivity contribution in [3.8, 4) is 0 Å². The van der Waals surface area contributed by atoms with Crippen molar-refractivity contribution in [2.24, 2.45) is 0 Å². The summed E-state index contributed by atoms with van der Waals surface area (Å²) in [5, 5.41) is 3.43. The molecule has 0 bridgehead atoms. The lowest BCUT2D eigenvalue weighted by atomic mass is 10.1. The monoisotopic (exact) mass is 194 g/mol. The van der Waals surface area contributed by atoms with Crippen LogP contribution in [0.1, 0.15) is 24.9 Å². The van der Waals surface area contributed by atoms with Crippen LogP contribution in [0.5, 0.6) is 0 Å². The van der Waals surface area contributed by atoms with Gasteiger partial charge in [0.2, 0.25) is 0 Å². The average molecular weight is 194 g/mol. The zero-order valence-corrected chi connectivity index (χ0v) is 8.86. The van der Waals surface area contributed by atoms with Gasteiger partial charge < -0.3 is 10.1 Å². The fourth-order valence-corrected chi connectivity index (χ4v) is 1.35. The number of rotatable bonds is 6. The van der Waals surface area contributed by atoms with E-state index in [4.69, 9.17) is 4.74 Å². The molecule has 0 amide bonds. The van der Waals surface area contributed by atoms with Gasteiger partial charge in [-0.1, -0.05) is 6.92 Å². The molecule has 3 heteroatoms. The normalized spacial score (nSPS) is 12.7. The summed E-state index contributed by atoms with van der Waals surface area (Å²) in [4.78, 5) is 4.00. The summed E-state index contributed by atoms with van der Waals surface area (Å²) in [5.74, 6) is 0. The van der Waals surface area contributed by atoms with Crippen LogP contribution in [0, 0.1) is 0 Å². The van der Waals surface area contributed by atoms with Gasteiger partial charge in [-0.15, -0.1) is 0 Å². The average Bonchev–Trinajstić information content (AvgIpc) is 2.25. The Morgan fingerprint density at radius 1 is 1.43 bits per heavy atom. The molecule has 0 aromatic carbocycles. The SMILES string of the molecule is CCCNC(COC)c1ccncc1. The first-order valence-electron chi connectivity index (χ1n) is 5.00. The number of ether oxygens (including phenoxy) is 1. The van der Waals surface area contributed by atoms with E-state index in [9.17, 15) is 0 Å². The van der Waals surface area contributed by atoms with Crippen molar-refractivity contribution in [3.63, 3.8) is 0 Å². The highest BCUT2D eigenvalue weighted by Crippen LogP contribution is 2.11. The number of methoxy groups -OCH3 is 1. The lowest BCUT2D eigenvalue weighted by molar-refractivity contribution is 0.167. The Kier molecular flexibility index (Phi) is 5.19. The second-order valence-corrected chi connectivity index (χ2v) is 3.24. The van der Waals surface area contributed by atoms with Crippen LogP contribution in [0.3, 0.4) is 0 Å². The van der Waals surface area contributed by atoms with Crippen molar-refractivity contribution in [3.05, 3.63) is 30.1 Å². The van der Waals surface area contributed by atoms with Crippen LogP contribution in [0.25, 0.3) is 0 Å². The van der Waals surface area contributed by atoms with Crippen LogP contribution >= 0.6 is 0 Å². The Labute approximate surface area is 85.5 Å². The predicted octanol–water partition coefficient (Wildman–Crippen LogP) is 1.77.